The summed E-state index contributed by atoms with van der Waals surface area (Å²) in [5.41, 5.74) is 7.82. The van der Waals surface area contributed by atoms with Crippen LogP contribution in [0.15, 0.2) is 17.0 Å². The summed E-state index contributed by atoms with van der Waals surface area (Å²) in [5, 5.41) is 8.04. The highest BCUT2D eigenvalue weighted by atomic mass is 32.2. The van der Waals surface area contributed by atoms with Crippen molar-refractivity contribution in [1.29, 1.82) is 0 Å². The Labute approximate surface area is 131 Å². The van der Waals surface area contributed by atoms with Crippen molar-refractivity contribution in [3.05, 3.63) is 23.3 Å². The lowest BCUT2D eigenvalue weighted by molar-refractivity contribution is -0.120. The van der Waals surface area contributed by atoms with E-state index in [1.165, 1.54) is 12.1 Å². The van der Waals surface area contributed by atoms with Gasteiger partial charge in [0, 0.05) is 11.6 Å². The van der Waals surface area contributed by atoms with Gasteiger partial charge in [-0.1, -0.05) is 6.42 Å². The van der Waals surface area contributed by atoms with Gasteiger partial charge in [0.25, 0.3) is 0 Å². The molecule has 0 aromatic heterocycles. The number of hydrogen-bond donors (Lipinski definition) is 3. The molecule has 0 radical (unpaired) electrons. The Morgan fingerprint density at radius 2 is 2.00 bits per heavy atom. The molecule has 7 heteroatoms. The topological polar surface area (TPSA) is 115 Å². The highest BCUT2D eigenvalue weighted by Crippen LogP contribution is 2.32. The lowest BCUT2D eigenvalue weighted by atomic mass is 9.95. The molecule has 1 aliphatic carbocycles. The maximum atomic E-state index is 12.5. The first-order valence-corrected chi connectivity index (χ1v) is 8.93. The van der Waals surface area contributed by atoms with Crippen molar-refractivity contribution >= 4 is 21.6 Å². The maximum absolute atomic E-state index is 12.5. The lowest BCUT2D eigenvalue weighted by Crippen LogP contribution is -2.30. The van der Waals surface area contributed by atoms with Crippen molar-refractivity contribution in [3.8, 4) is 0 Å². The zero-order valence-corrected chi connectivity index (χ0v) is 13.7. The van der Waals surface area contributed by atoms with E-state index >= 15 is 0 Å². The molecule has 1 aromatic rings. The van der Waals surface area contributed by atoms with E-state index in [2.05, 4.69) is 5.32 Å². The molecule has 0 unspecified atom stereocenters. The summed E-state index contributed by atoms with van der Waals surface area (Å²) in [6.07, 6.45) is 2.78. The molecule has 1 fully saturated rings. The zero-order valence-electron chi connectivity index (χ0n) is 12.9. The van der Waals surface area contributed by atoms with E-state index in [0.29, 0.717) is 12.2 Å². The molecule has 122 valence electrons. The molecule has 0 spiro atoms. The Bertz CT molecular complexity index is 686. The molecule has 5 N–H and O–H groups in total. The second kappa shape index (κ2) is 6.36. The van der Waals surface area contributed by atoms with Crippen molar-refractivity contribution in [1.82, 2.24) is 0 Å². The van der Waals surface area contributed by atoms with Crippen LogP contribution in [0.3, 0.4) is 0 Å². The van der Waals surface area contributed by atoms with Crippen LogP contribution in [0.2, 0.25) is 0 Å². The van der Waals surface area contributed by atoms with Crippen LogP contribution in [0, 0.1) is 25.7 Å². The summed E-state index contributed by atoms with van der Waals surface area (Å²) in [4.78, 5) is 12.5. The Morgan fingerprint density at radius 1 is 1.32 bits per heavy atom. The van der Waals surface area contributed by atoms with Gasteiger partial charge in [0.2, 0.25) is 15.9 Å². The number of amides is 1. The van der Waals surface area contributed by atoms with Crippen LogP contribution in [-0.4, -0.2) is 20.9 Å². The molecule has 2 atom stereocenters. The molecule has 0 saturated heterocycles. The second-order valence-electron chi connectivity index (χ2n) is 5.98. The monoisotopic (exact) mass is 325 g/mol. The van der Waals surface area contributed by atoms with Crippen molar-refractivity contribution in [2.24, 2.45) is 22.7 Å². The van der Waals surface area contributed by atoms with Crippen LogP contribution in [0.25, 0.3) is 0 Å². The molecule has 1 amide bonds. The first kappa shape index (κ1) is 16.9. The number of carbonyl (C=O) groups excluding carboxylic acids is 1. The van der Waals surface area contributed by atoms with Crippen molar-refractivity contribution in [3.63, 3.8) is 0 Å². The Balaban J connectivity index is 2.29. The van der Waals surface area contributed by atoms with Gasteiger partial charge in [-0.25, -0.2) is 13.6 Å². The summed E-state index contributed by atoms with van der Waals surface area (Å²) >= 11 is 0. The number of hydrogen-bond acceptors (Lipinski definition) is 4. The zero-order chi connectivity index (χ0) is 16.5. The number of nitrogens with one attached hydrogen (secondary N) is 1. The fourth-order valence-corrected chi connectivity index (χ4v) is 3.63. The minimum absolute atomic E-state index is 0.00713. The molecule has 1 aromatic carbocycles. The van der Waals surface area contributed by atoms with Gasteiger partial charge >= 0.3 is 0 Å². The van der Waals surface area contributed by atoms with Crippen molar-refractivity contribution in [2.75, 3.05) is 11.9 Å². The highest BCUT2D eigenvalue weighted by molar-refractivity contribution is 7.89. The molecule has 0 aliphatic heterocycles. The van der Waals surface area contributed by atoms with Gasteiger partial charge in [-0.15, -0.1) is 0 Å². The quantitative estimate of drug-likeness (QED) is 0.773. The fraction of sp³-hybridized carbons (Fsp3) is 0.533. The molecule has 0 heterocycles. The molecule has 1 saturated carbocycles. The summed E-state index contributed by atoms with van der Waals surface area (Å²) in [6.45, 7) is 4.12. The van der Waals surface area contributed by atoms with E-state index in [9.17, 15) is 13.2 Å². The third kappa shape index (κ3) is 3.48. The van der Waals surface area contributed by atoms with Gasteiger partial charge in [-0.2, -0.15) is 0 Å². The largest absolute Gasteiger partial charge is 0.330 e. The van der Waals surface area contributed by atoms with Gasteiger partial charge < -0.3 is 11.1 Å². The van der Waals surface area contributed by atoms with Crippen LogP contribution >= 0.6 is 0 Å². The van der Waals surface area contributed by atoms with Gasteiger partial charge in [-0.3, -0.25) is 4.79 Å². The Hall–Kier alpha value is -1.44. The van der Waals surface area contributed by atoms with Crippen LogP contribution in [-0.2, 0) is 14.8 Å². The van der Waals surface area contributed by atoms with Gasteiger partial charge in [0.15, 0.2) is 0 Å². The number of primary sulfonamides is 1. The molecule has 0 bridgehead atoms. The standard InChI is InChI=1S/C15H23N3O3S/c1-9-6-12(22(17,20)21)7-14(10(9)2)18-15(19)13-5-3-4-11(13)8-16/h6-7,11,13H,3-5,8,16H2,1-2H3,(H,18,19)(H2,17,20,21)/t11-,13-/m1/s1. The molecule has 22 heavy (non-hydrogen) atoms. The van der Waals surface area contributed by atoms with Gasteiger partial charge in [0.05, 0.1) is 4.90 Å². The van der Waals surface area contributed by atoms with E-state index in [-0.39, 0.29) is 22.6 Å². The molecule has 6 nitrogen and oxygen atoms in total. The molecular weight excluding hydrogens is 302 g/mol. The number of carbonyl (C=O) groups is 1. The lowest BCUT2D eigenvalue weighted by Gasteiger charge is -2.19. The first-order chi connectivity index (χ1) is 10.2. The number of benzene rings is 1. The number of sulfonamides is 1. The third-order valence-corrected chi connectivity index (χ3v) is 5.42. The SMILES string of the molecule is Cc1cc(S(N)(=O)=O)cc(NC(=O)[C@@H]2CCC[C@@H]2CN)c1C. The highest BCUT2D eigenvalue weighted by Gasteiger charge is 2.32. The van der Waals surface area contributed by atoms with E-state index < -0.39 is 10.0 Å². The molecule has 1 aliphatic rings. The van der Waals surface area contributed by atoms with Crippen LogP contribution < -0.4 is 16.2 Å². The van der Waals surface area contributed by atoms with Crippen molar-refractivity contribution < 1.29 is 13.2 Å². The maximum Gasteiger partial charge on any atom is 0.238 e. The minimum Gasteiger partial charge on any atom is -0.330 e. The predicted molar refractivity (Wildman–Crippen MR) is 85.8 cm³/mol. The second-order valence-corrected chi connectivity index (χ2v) is 7.54. The number of aryl methyl sites for hydroxylation is 1. The summed E-state index contributed by atoms with van der Waals surface area (Å²) in [5.74, 6) is -0.00677. The Kier molecular flexibility index (Phi) is 4.89. The number of anilines is 1. The average molecular weight is 325 g/mol. The fourth-order valence-electron chi connectivity index (χ4n) is 3.01. The summed E-state index contributed by atoms with van der Waals surface area (Å²) < 4.78 is 23.1. The molecular formula is C15H23N3O3S. The average Bonchev–Trinajstić information content (AvgIpc) is 2.90. The third-order valence-electron chi connectivity index (χ3n) is 4.53. The summed E-state index contributed by atoms with van der Waals surface area (Å²) in [6, 6.07) is 2.93. The van der Waals surface area contributed by atoms with Crippen LogP contribution in [0.5, 0.6) is 0 Å². The van der Waals surface area contributed by atoms with Crippen LogP contribution in [0.4, 0.5) is 5.69 Å². The van der Waals surface area contributed by atoms with E-state index in [4.69, 9.17) is 10.9 Å². The number of nitrogens with two attached hydrogens (primary N) is 2. The minimum atomic E-state index is -3.81. The van der Waals surface area contributed by atoms with E-state index in [0.717, 1.165) is 30.4 Å². The Morgan fingerprint density at radius 3 is 2.59 bits per heavy atom. The smallest absolute Gasteiger partial charge is 0.238 e. The van der Waals surface area contributed by atoms with Crippen LogP contribution in [0.1, 0.15) is 30.4 Å². The van der Waals surface area contributed by atoms with E-state index in [1.54, 1.807) is 6.92 Å². The van der Waals surface area contributed by atoms with Gasteiger partial charge in [0.1, 0.15) is 0 Å². The summed E-state index contributed by atoms with van der Waals surface area (Å²) in [7, 11) is -3.81. The number of rotatable bonds is 4. The molecule has 2 rings (SSSR count). The normalized spacial score (nSPS) is 21.8. The van der Waals surface area contributed by atoms with Gasteiger partial charge in [-0.05, 0) is 62.4 Å². The first-order valence-electron chi connectivity index (χ1n) is 7.39. The van der Waals surface area contributed by atoms with Crippen molar-refractivity contribution in [2.45, 2.75) is 38.0 Å². The predicted octanol–water partition coefficient (Wildman–Crippen LogP) is 1.26. The van der Waals surface area contributed by atoms with E-state index in [1.807, 2.05) is 6.92 Å².